The first-order valence-corrected chi connectivity index (χ1v) is 16.4. The zero-order chi connectivity index (χ0) is 37.9. The number of carbonyl (C=O) groups excluding carboxylic acids is 3. The van der Waals surface area contributed by atoms with Crippen LogP contribution in [-0.4, -0.2) is 165 Å². The molecule has 0 aliphatic carbocycles. The van der Waals surface area contributed by atoms with Gasteiger partial charge in [0.1, 0.15) is 16.8 Å². The average molecular weight is 717 g/mol. The summed E-state index contributed by atoms with van der Waals surface area (Å²) in [6.45, 7) is 23.5. The molecule has 288 valence electrons. The summed E-state index contributed by atoms with van der Waals surface area (Å²) in [5, 5.41) is 10.5. The van der Waals surface area contributed by atoms with Crippen molar-refractivity contribution in [2.45, 2.75) is 85.3 Å². The van der Waals surface area contributed by atoms with E-state index in [4.69, 9.17) is 33.6 Å². The summed E-state index contributed by atoms with van der Waals surface area (Å²) in [5.74, 6) is -3.65. The zero-order valence-corrected chi connectivity index (χ0v) is 30.7. The molecule has 0 saturated carbocycles. The highest BCUT2D eigenvalue weighted by Gasteiger charge is 2.38. The van der Waals surface area contributed by atoms with Crippen molar-refractivity contribution in [3.05, 3.63) is 0 Å². The third-order valence-corrected chi connectivity index (χ3v) is 5.98. The van der Waals surface area contributed by atoms with Crippen molar-refractivity contribution in [1.82, 2.24) is 20.0 Å². The summed E-state index contributed by atoms with van der Waals surface area (Å²) < 4.78 is 60.1. The largest absolute Gasteiger partial charge is 0.490 e. The number of rotatable bonds is 6. The minimum Gasteiger partial charge on any atom is -0.475 e. The zero-order valence-electron chi connectivity index (χ0n) is 30.7. The van der Waals surface area contributed by atoms with E-state index in [1.165, 1.54) is 0 Å². The van der Waals surface area contributed by atoms with Crippen LogP contribution in [0.4, 0.5) is 13.2 Å². The number of ether oxygens (including phenoxy) is 5. The van der Waals surface area contributed by atoms with Crippen LogP contribution < -0.4 is 5.32 Å². The van der Waals surface area contributed by atoms with Crippen molar-refractivity contribution in [2.24, 2.45) is 0 Å². The van der Waals surface area contributed by atoms with Gasteiger partial charge in [0.2, 0.25) is 0 Å². The number of carboxylic acids is 1. The molecule has 1 rings (SSSR count). The van der Waals surface area contributed by atoms with Crippen LogP contribution in [0.15, 0.2) is 0 Å². The molecule has 0 aromatic rings. The Hall–Kier alpha value is -2.57. The first kappa shape index (κ1) is 46.4. The van der Waals surface area contributed by atoms with Gasteiger partial charge in [0.05, 0.1) is 46.1 Å². The lowest BCUT2D eigenvalue weighted by Gasteiger charge is -2.29. The molecular weight excluding hydrogens is 657 g/mol. The van der Waals surface area contributed by atoms with Gasteiger partial charge in [-0.05, 0) is 62.3 Å². The van der Waals surface area contributed by atoms with Crippen molar-refractivity contribution in [2.75, 3.05) is 98.4 Å². The van der Waals surface area contributed by atoms with Gasteiger partial charge < -0.3 is 34.1 Å². The highest BCUT2D eigenvalue weighted by atomic mass is 19.4. The SMILES string of the molecule is CC(C)(C)OC(=O)CN1CCNCCOCCN(CC(=O)OC(C)(C)C)CCN(CC(=O)OC(C)(C)C)CCOCC1.O=C(O)C(F)(F)F. The number of halogens is 3. The maximum Gasteiger partial charge on any atom is 0.490 e. The Morgan fingerprint density at radius 2 is 0.878 bits per heavy atom. The fourth-order valence-corrected chi connectivity index (χ4v) is 4.05. The molecule has 17 heteroatoms. The van der Waals surface area contributed by atoms with Crippen molar-refractivity contribution in [3.8, 4) is 0 Å². The van der Waals surface area contributed by atoms with Gasteiger partial charge in [-0.3, -0.25) is 29.1 Å². The summed E-state index contributed by atoms with van der Waals surface area (Å²) in [6, 6.07) is 0. The van der Waals surface area contributed by atoms with E-state index >= 15 is 0 Å². The lowest BCUT2D eigenvalue weighted by atomic mass is 10.2. The van der Waals surface area contributed by atoms with Gasteiger partial charge >= 0.3 is 30.1 Å². The second-order valence-electron chi connectivity index (χ2n) is 14.4. The van der Waals surface area contributed by atoms with Gasteiger partial charge in [-0.2, -0.15) is 13.2 Å². The molecule has 1 saturated heterocycles. The number of nitrogens with zero attached hydrogens (tertiary/aromatic N) is 3. The number of nitrogens with one attached hydrogen (secondary N) is 1. The molecule has 1 fully saturated rings. The van der Waals surface area contributed by atoms with E-state index in [1.807, 2.05) is 77.0 Å². The van der Waals surface area contributed by atoms with Crippen LogP contribution in [0.2, 0.25) is 0 Å². The Morgan fingerprint density at radius 1 is 0.571 bits per heavy atom. The third-order valence-electron chi connectivity index (χ3n) is 5.98. The first-order valence-electron chi connectivity index (χ1n) is 16.4. The molecule has 0 bridgehead atoms. The van der Waals surface area contributed by atoms with Crippen molar-refractivity contribution in [3.63, 3.8) is 0 Å². The van der Waals surface area contributed by atoms with Gasteiger partial charge in [0.15, 0.2) is 0 Å². The van der Waals surface area contributed by atoms with E-state index in [1.54, 1.807) is 0 Å². The van der Waals surface area contributed by atoms with E-state index in [9.17, 15) is 27.6 Å². The summed E-state index contributed by atoms with van der Waals surface area (Å²) in [5.41, 5.74) is -1.70. The topological polar surface area (TPSA) is 156 Å². The molecule has 0 aromatic carbocycles. The van der Waals surface area contributed by atoms with E-state index in [2.05, 4.69) is 5.32 Å². The quantitative estimate of drug-likeness (QED) is 0.305. The molecule has 0 amide bonds. The predicted molar refractivity (Wildman–Crippen MR) is 175 cm³/mol. The molecule has 0 aromatic heterocycles. The predicted octanol–water partition coefficient (Wildman–Crippen LogP) is 2.19. The van der Waals surface area contributed by atoms with Gasteiger partial charge in [-0.1, -0.05) is 0 Å². The molecule has 2 N–H and O–H groups in total. The van der Waals surface area contributed by atoms with Crippen molar-refractivity contribution < 1.29 is 61.1 Å². The molecule has 0 radical (unpaired) electrons. The molecule has 0 spiro atoms. The van der Waals surface area contributed by atoms with Crippen LogP contribution in [0.1, 0.15) is 62.3 Å². The normalized spacial score (nSPS) is 18.2. The Bertz CT molecular complexity index is 996. The minimum atomic E-state index is -5.08. The first-order chi connectivity index (χ1) is 22.4. The lowest BCUT2D eigenvalue weighted by Crippen LogP contribution is -2.44. The summed E-state index contributed by atoms with van der Waals surface area (Å²) in [6.07, 6.45) is -5.08. The highest BCUT2D eigenvalue weighted by molar-refractivity contribution is 5.73. The van der Waals surface area contributed by atoms with Crippen LogP contribution in [0.25, 0.3) is 0 Å². The monoisotopic (exact) mass is 716 g/mol. The summed E-state index contributed by atoms with van der Waals surface area (Å²) in [7, 11) is 0. The molecule has 1 aliphatic heterocycles. The van der Waals surface area contributed by atoms with Crippen LogP contribution in [0.3, 0.4) is 0 Å². The van der Waals surface area contributed by atoms with Crippen LogP contribution >= 0.6 is 0 Å². The Kier molecular flexibility index (Phi) is 21.1. The van der Waals surface area contributed by atoms with E-state index in [-0.39, 0.29) is 37.5 Å². The number of carbonyl (C=O) groups is 4. The van der Waals surface area contributed by atoms with E-state index < -0.39 is 28.9 Å². The van der Waals surface area contributed by atoms with Crippen LogP contribution in [0, 0.1) is 0 Å². The van der Waals surface area contributed by atoms with E-state index in [0.29, 0.717) is 78.8 Å². The molecular formula is C32H59F3N4O10. The fourth-order valence-electron chi connectivity index (χ4n) is 4.05. The number of esters is 3. The maximum atomic E-state index is 12.6. The second-order valence-corrected chi connectivity index (χ2v) is 14.4. The number of aliphatic carboxylic acids is 1. The average Bonchev–Trinajstić information content (AvgIpc) is 2.88. The van der Waals surface area contributed by atoms with Gasteiger partial charge in [-0.15, -0.1) is 0 Å². The van der Waals surface area contributed by atoms with Crippen LogP contribution in [0.5, 0.6) is 0 Å². The van der Waals surface area contributed by atoms with Crippen molar-refractivity contribution in [1.29, 1.82) is 0 Å². The maximum absolute atomic E-state index is 12.6. The minimum absolute atomic E-state index is 0.105. The fraction of sp³-hybridized carbons (Fsp3) is 0.875. The Balaban J connectivity index is 0.00000295. The van der Waals surface area contributed by atoms with Gasteiger partial charge in [0.25, 0.3) is 0 Å². The number of alkyl halides is 3. The molecule has 0 unspecified atom stereocenters. The molecule has 49 heavy (non-hydrogen) atoms. The Morgan fingerprint density at radius 3 is 1.18 bits per heavy atom. The van der Waals surface area contributed by atoms with Crippen molar-refractivity contribution >= 4 is 23.9 Å². The second kappa shape index (κ2) is 22.3. The molecule has 1 aliphatic rings. The standard InChI is InChI=1S/C30H58N4O8.C2HF3O2/c1-28(2,3)40-25(35)22-32-12-10-31-11-18-38-19-16-33(23-26(36)41-29(4,5)6)13-14-34(17-21-39-20-15-32)24-27(37)42-30(7,8)9;3-2(4,5)1(6)7/h31H,10-24H2,1-9H3;(H,6,7). The number of hydrogen-bond acceptors (Lipinski definition) is 13. The molecule has 14 nitrogen and oxygen atoms in total. The number of hydrogen-bond donors (Lipinski definition) is 2. The number of carboxylic acid groups (broad SMARTS) is 1. The van der Waals surface area contributed by atoms with Gasteiger partial charge in [-0.25, -0.2) is 4.79 Å². The third kappa shape index (κ3) is 28.9. The summed E-state index contributed by atoms with van der Waals surface area (Å²) >= 11 is 0. The smallest absolute Gasteiger partial charge is 0.475 e. The Labute approximate surface area is 288 Å². The van der Waals surface area contributed by atoms with E-state index in [0.717, 1.165) is 0 Å². The van der Waals surface area contributed by atoms with Crippen LogP contribution in [-0.2, 0) is 42.9 Å². The highest BCUT2D eigenvalue weighted by Crippen LogP contribution is 2.13. The lowest BCUT2D eigenvalue weighted by molar-refractivity contribution is -0.192. The summed E-state index contributed by atoms with van der Waals surface area (Å²) in [4.78, 5) is 52.5. The van der Waals surface area contributed by atoms with Gasteiger partial charge in [0, 0.05) is 52.4 Å². The molecule has 0 atom stereocenters. The molecule has 1 heterocycles.